The van der Waals surface area contributed by atoms with Gasteiger partial charge in [0, 0.05) is 44.7 Å². The summed E-state index contributed by atoms with van der Waals surface area (Å²) in [5.74, 6) is 0.689. The van der Waals surface area contributed by atoms with Crippen LogP contribution in [-0.2, 0) is 31.3 Å². The van der Waals surface area contributed by atoms with Crippen molar-refractivity contribution in [3.63, 3.8) is 0 Å². The molecule has 0 aliphatic carbocycles. The van der Waals surface area contributed by atoms with Crippen LogP contribution in [0.25, 0.3) is 16.9 Å². The maximum Gasteiger partial charge on any atom is 0.332 e. The van der Waals surface area contributed by atoms with Crippen molar-refractivity contribution in [3.8, 4) is 0 Å². The minimum atomic E-state index is -0.341. The Bertz CT molecular complexity index is 1340. The van der Waals surface area contributed by atoms with Crippen LogP contribution in [0.15, 0.2) is 39.9 Å². The largest absolute Gasteiger partial charge is 0.382 e. The van der Waals surface area contributed by atoms with E-state index in [0.717, 1.165) is 29.9 Å². The summed E-state index contributed by atoms with van der Waals surface area (Å²) in [7, 11) is 1.68. The Kier molecular flexibility index (Phi) is 5.82. The molecule has 3 heterocycles. The van der Waals surface area contributed by atoms with Crippen LogP contribution < -0.4 is 11.2 Å². The Hall–Kier alpha value is -3.13. The molecule has 0 N–H and O–H groups in total. The fraction of sp³-hybridized carbons (Fsp3) is 0.435. The van der Waals surface area contributed by atoms with Crippen molar-refractivity contribution in [1.82, 2.24) is 23.1 Å². The molecule has 0 saturated carbocycles. The molecule has 0 aliphatic rings. The van der Waals surface area contributed by atoms with Crippen molar-refractivity contribution in [2.75, 3.05) is 13.2 Å². The van der Waals surface area contributed by atoms with Gasteiger partial charge in [0.05, 0.1) is 0 Å². The molecule has 164 valence electrons. The highest BCUT2D eigenvalue weighted by Crippen LogP contribution is 2.21. The lowest BCUT2D eigenvalue weighted by molar-refractivity contribution is 0.142. The third-order valence-electron chi connectivity index (χ3n) is 5.97. The SMILES string of the molecule is CCOCCCn1c(C)c(C)n2c3c(=O)n(CCc4ccccc4)c(=O)n(C)c3nc12. The second-order valence-corrected chi connectivity index (χ2v) is 7.83. The molecule has 0 spiro atoms. The summed E-state index contributed by atoms with van der Waals surface area (Å²) in [6, 6.07) is 9.87. The highest BCUT2D eigenvalue weighted by molar-refractivity contribution is 5.76. The first kappa shape index (κ1) is 21.1. The van der Waals surface area contributed by atoms with E-state index >= 15 is 0 Å². The minimum absolute atomic E-state index is 0.295. The maximum atomic E-state index is 13.4. The molecule has 8 heteroatoms. The van der Waals surface area contributed by atoms with E-state index in [1.54, 1.807) is 7.05 Å². The normalized spacial score (nSPS) is 11.7. The van der Waals surface area contributed by atoms with Crippen LogP contribution in [0.3, 0.4) is 0 Å². The Morgan fingerprint density at radius 3 is 2.45 bits per heavy atom. The smallest absolute Gasteiger partial charge is 0.332 e. The van der Waals surface area contributed by atoms with Crippen LogP contribution in [0.4, 0.5) is 0 Å². The lowest BCUT2D eigenvalue weighted by Crippen LogP contribution is -2.39. The van der Waals surface area contributed by atoms with Gasteiger partial charge in [0.1, 0.15) is 0 Å². The van der Waals surface area contributed by atoms with Crippen LogP contribution in [0.5, 0.6) is 0 Å². The van der Waals surface area contributed by atoms with Gasteiger partial charge >= 0.3 is 5.69 Å². The number of hydrogen-bond donors (Lipinski definition) is 0. The van der Waals surface area contributed by atoms with E-state index in [-0.39, 0.29) is 11.2 Å². The van der Waals surface area contributed by atoms with Crippen LogP contribution in [0.2, 0.25) is 0 Å². The molecule has 4 aromatic rings. The number of fused-ring (bicyclic) bond motifs is 3. The minimum Gasteiger partial charge on any atom is -0.382 e. The van der Waals surface area contributed by atoms with Gasteiger partial charge in [-0.05, 0) is 39.2 Å². The van der Waals surface area contributed by atoms with Crippen molar-refractivity contribution in [2.45, 2.75) is 46.7 Å². The van der Waals surface area contributed by atoms with Gasteiger partial charge in [0.2, 0.25) is 5.78 Å². The molecule has 0 atom stereocenters. The number of hydrogen-bond acceptors (Lipinski definition) is 4. The summed E-state index contributed by atoms with van der Waals surface area (Å²) in [5, 5.41) is 0. The molecule has 0 saturated heterocycles. The predicted molar refractivity (Wildman–Crippen MR) is 121 cm³/mol. The number of rotatable bonds is 8. The van der Waals surface area contributed by atoms with Crippen molar-refractivity contribution >= 4 is 16.9 Å². The second-order valence-electron chi connectivity index (χ2n) is 7.83. The molecule has 0 unspecified atom stereocenters. The molecular formula is C23H29N5O3. The zero-order valence-corrected chi connectivity index (χ0v) is 18.6. The van der Waals surface area contributed by atoms with E-state index in [2.05, 4.69) is 4.57 Å². The molecule has 0 fully saturated rings. The van der Waals surface area contributed by atoms with Crippen molar-refractivity contribution in [2.24, 2.45) is 7.05 Å². The molecule has 0 bridgehead atoms. The van der Waals surface area contributed by atoms with Gasteiger partial charge < -0.3 is 9.30 Å². The Labute approximate surface area is 180 Å². The summed E-state index contributed by atoms with van der Waals surface area (Å²) in [6.07, 6.45) is 1.46. The van der Waals surface area contributed by atoms with Crippen molar-refractivity contribution in [3.05, 3.63) is 68.1 Å². The first-order chi connectivity index (χ1) is 15.0. The number of benzene rings is 1. The van der Waals surface area contributed by atoms with E-state index < -0.39 is 0 Å². The average Bonchev–Trinajstić information content (AvgIpc) is 3.27. The monoisotopic (exact) mass is 423 g/mol. The van der Waals surface area contributed by atoms with E-state index in [4.69, 9.17) is 9.72 Å². The lowest BCUT2D eigenvalue weighted by atomic mass is 10.1. The van der Waals surface area contributed by atoms with Gasteiger partial charge in [-0.15, -0.1) is 0 Å². The molecule has 1 aromatic carbocycles. The van der Waals surface area contributed by atoms with E-state index in [0.29, 0.717) is 43.1 Å². The second kappa shape index (κ2) is 8.55. The highest BCUT2D eigenvalue weighted by Gasteiger charge is 2.22. The predicted octanol–water partition coefficient (Wildman–Crippen LogP) is 2.44. The molecule has 0 radical (unpaired) electrons. The molecule has 31 heavy (non-hydrogen) atoms. The summed E-state index contributed by atoms with van der Waals surface area (Å²) < 4.78 is 12.3. The van der Waals surface area contributed by atoms with Gasteiger partial charge in [-0.1, -0.05) is 30.3 Å². The Balaban J connectivity index is 1.83. The third-order valence-corrected chi connectivity index (χ3v) is 5.97. The standard InChI is InChI=1S/C23H29N5O3/c1-5-31-15-9-13-26-16(2)17(3)28-19-20(24-22(26)28)25(4)23(30)27(21(19)29)14-12-18-10-7-6-8-11-18/h6-8,10-11H,5,9,12-15H2,1-4H3. The fourth-order valence-corrected chi connectivity index (χ4v) is 4.13. The van der Waals surface area contributed by atoms with Gasteiger partial charge in [-0.3, -0.25) is 18.3 Å². The number of nitrogens with zero attached hydrogens (tertiary/aromatic N) is 5. The van der Waals surface area contributed by atoms with Crippen molar-refractivity contribution in [1.29, 1.82) is 0 Å². The zero-order valence-electron chi connectivity index (χ0n) is 18.6. The Morgan fingerprint density at radius 1 is 1.00 bits per heavy atom. The molecule has 3 aromatic heterocycles. The Morgan fingerprint density at radius 2 is 1.74 bits per heavy atom. The van der Waals surface area contributed by atoms with Crippen LogP contribution in [0.1, 0.15) is 30.3 Å². The number of imidazole rings is 2. The first-order valence-corrected chi connectivity index (χ1v) is 10.7. The van der Waals surface area contributed by atoms with E-state index in [9.17, 15) is 9.59 Å². The van der Waals surface area contributed by atoms with Crippen LogP contribution >= 0.6 is 0 Å². The van der Waals surface area contributed by atoms with Gasteiger partial charge in [-0.25, -0.2) is 4.79 Å². The number of aryl methyl sites for hydroxylation is 4. The van der Waals surface area contributed by atoms with Crippen LogP contribution in [0, 0.1) is 13.8 Å². The third kappa shape index (κ3) is 3.61. The fourth-order valence-electron chi connectivity index (χ4n) is 4.13. The lowest BCUT2D eigenvalue weighted by Gasteiger charge is -2.09. The molecule has 8 nitrogen and oxygen atoms in total. The van der Waals surface area contributed by atoms with Gasteiger partial charge in [0.25, 0.3) is 5.56 Å². The summed E-state index contributed by atoms with van der Waals surface area (Å²) >= 11 is 0. The summed E-state index contributed by atoms with van der Waals surface area (Å²) in [4.78, 5) is 31.1. The van der Waals surface area contributed by atoms with Gasteiger partial charge in [-0.2, -0.15) is 4.98 Å². The van der Waals surface area contributed by atoms with E-state index in [1.165, 1.54) is 9.13 Å². The topological polar surface area (TPSA) is 75.5 Å². The van der Waals surface area contributed by atoms with E-state index in [1.807, 2.05) is 55.5 Å². The molecular weight excluding hydrogens is 394 g/mol. The summed E-state index contributed by atoms with van der Waals surface area (Å²) in [6.45, 7) is 8.43. The maximum absolute atomic E-state index is 13.4. The van der Waals surface area contributed by atoms with Gasteiger partial charge in [0.15, 0.2) is 11.2 Å². The molecule has 4 rings (SSSR count). The van der Waals surface area contributed by atoms with Crippen molar-refractivity contribution < 1.29 is 4.74 Å². The zero-order chi connectivity index (χ0) is 22.1. The number of aromatic nitrogens is 5. The number of ether oxygens (including phenoxy) is 1. The molecule has 0 aliphatic heterocycles. The quantitative estimate of drug-likeness (QED) is 0.408. The average molecular weight is 424 g/mol. The first-order valence-electron chi connectivity index (χ1n) is 10.7. The highest BCUT2D eigenvalue weighted by atomic mass is 16.5. The summed E-state index contributed by atoms with van der Waals surface area (Å²) in [5.41, 5.74) is 3.34. The van der Waals surface area contributed by atoms with Crippen LogP contribution in [-0.4, -0.2) is 36.3 Å². The molecule has 0 amide bonds.